The van der Waals surface area contributed by atoms with E-state index in [1.54, 1.807) is 17.5 Å². The third-order valence-corrected chi connectivity index (χ3v) is 6.62. The van der Waals surface area contributed by atoms with Crippen LogP contribution in [0, 0.1) is 6.92 Å². The van der Waals surface area contributed by atoms with Gasteiger partial charge in [0.05, 0.1) is 0 Å². The van der Waals surface area contributed by atoms with Gasteiger partial charge >= 0.3 is 0 Å². The van der Waals surface area contributed by atoms with E-state index in [4.69, 9.17) is 0 Å². The van der Waals surface area contributed by atoms with Crippen molar-refractivity contribution in [1.29, 1.82) is 0 Å². The first-order valence-corrected chi connectivity index (χ1v) is 9.65. The Bertz CT molecular complexity index is 729. The summed E-state index contributed by atoms with van der Waals surface area (Å²) in [4.78, 5) is 6.68. The Balaban J connectivity index is 1.71. The zero-order valence-electron chi connectivity index (χ0n) is 12.4. The molecule has 2 aromatic heterocycles. The highest BCUT2D eigenvalue weighted by molar-refractivity contribution is 7.91. The van der Waals surface area contributed by atoms with Gasteiger partial charge in [-0.1, -0.05) is 12.1 Å². The van der Waals surface area contributed by atoms with Gasteiger partial charge in [0, 0.05) is 24.8 Å². The average Bonchev–Trinajstić information content (AvgIpc) is 3.02. The number of aryl methyl sites for hydroxylation is 1. The van der Waals surface area contributed by atoms with E-state index in [2.05, 4.69) is 14.6 Å². The molecule has 0 aliphatic carbocycles. The minimum atomic E-state index is -3.41. The predicted octanol–water partition coefficient (Wildman–Crippen LogP) is 2.40. The minimum absolute atomic E-state index is 0.0804. The topological polar surface area (TPSA) is 62.3 Å². The van der Waals surface area contributed by atoms with Crippen molar-refractivity contribution < 1.29 is 8.42 Å². The van der Waals surface area contributed by atoms with Crippen LogP contribution in [0.25, 0.3) is 0 Å². The van der Waals surface area contributed by atoms with E-state index in [1.165, 1.54) is 11.3 Å². The summed E-state index contributed by atoms with van der Waals surface area (Å²) in [6.07, 6.45) is 1.81. The number of nitrogens with zero attached hydrogens (tertiary/aromatic N) is 2. The molecule has 1 aliphatic heterocycles. The van der Waals surface area contributed by atoms with E-state index >= 15 is 0 Å². The lowest BCUT2D eigenvalue weighted by atomic mass is 10.1. The predicted molar refractivity (Wildman–Crippen MR) is 88.8 cm³/mol. The molecule has 0 aromatic carbocycles. The van der Waals surface area contributed by atoms with Crippen LogP contribution in [0.3, 0.4) is 0 Å². The molecule has 1 aliphatic rings. The molecule has 0 radical (unpaired) electrons. The maximum Gasteiger partial charge on any atom is 0.250 e. The molecule has 3 heterocycles. The highest BCUT2D eigenvalue weighted by Crippen LogP contribution is 2.21. The fraction of sp³-hybridized carbons (Fsp3) is 0.400. The molecule has 0 amide bonds. The van der Waals surface area contributed by atoms with Crippen LogP contribution in [0.15, 0.2) is 39.9 Å². The number of pyridine rings is 1. The van der Waals surface area contributed by atoms with Gasteiger partial charge in [0.2, 0.25) is 10.0 Å². The van der Waals surface area contributed by atoms with Crippen LogP contribution < -0.4 is 9.62 Å². The first-order valence-electron chi connectivity index (χ1n) is 7.29. The van der Waals surface area contributed by atoms with E-state index in [1.807, 2.05) is 25.1 Å². The lowest BCUT2D eigenvalue weighted by Gasteiger charge is -2.33. The summed E-state index contributed by atoms with van der Waals surface area (Å²) in [7, 11) is -3.41. The van der Waals surface area contributed by atoms with Gasteiger partial charge in [-0.2, -0.15) is 0 Å². The maximum absolute atomic E-state index is 12.3. The number of sulfonamides is 1. The summed E-state index contributed by atoms with van der Waals surface area (Å²) in [6.45, 7) is 3.53. The quantitative estimate of drug-likeness (QED) is 0.930. The molecule has 0 unspecified atom stereocenters. The van der Waals surface area contributed by atoms with E-state index in [0.717, 1.165) is 30.9 Å². The first kappa shape index (κ1) is 15.5. The van der Waals surface area contributed by atoms with Crippen LogP contribution in [0.5, 0.6) is 0 Å². The number of hydrogen-bond acceptors (Lipinski definition) is 5. The van der Waals surface area contributed by atoms with Crippen molar-refractivity contribution >= 4 is 27.2 Å². The molecule has 1 fully saturated rings. The maximum atomic E-state index is 12.3. The van der Waals surface area contributed by atoms with Crippen molar-refractivity contribution in [2.75, 3.05) is 18.0 Å². The second-order valence-electron chi connectivity index (χ2n) is 5.48. The molecular weight excluding hydrogens is 318 g/mol. The molecule has 0 spiro atoms. The lowest BCUT2D eigenvalue weighted by molar-refractivity contribution is 0.464. The first-order chi connectivity index (χ1) is 10.5. The van der Waals surface area contributed by atoms with Gasteiger partial charge < -0.3 is 4.90 Å². The average molecular weight is 337 g/mol. The van der Waals surface area contributed by atoms with Gasteiger partial charge in [-0.15, -0.1) is 11.3 Å². The van der Waals surface area contributed by atoms with Crippen molar-refractivity contribution in [3.8, 4) is 0 Å². The third kappa shape index (κ3) is 3.48. The highest BCUT2D eigenvalue weighted by Gasteiger charge is 2.26. The summed E-state index contributed by atoms with van der Waals surface area (Å²) in [6, 6.07) is 9.23. The van der Waals surface area contributed by atoms with E-state index < -0.39 is 10.0 Å². The SMILES string of the molecule is Cc1cccc(N2CCC[C@H](NS(=O)(=O)c3cccs3)C2)n1. The Morgan fingerprint density at radius 1 is 1.32 bits per heavy atom. The smallest absolute Gasteiger partial charge is 0.250 e. The third-order valence-electron chi connectivity index (χ3n) is 3.70. The van der Waals surface area contributed by atoms with Crippen LogP contribution in [-0.4, -0.2) is 32.5 Å². The molecular formula is C15H19N3O2S2. The Kier molecular flexibility index (Phi) is 4.46. The normalized spacial score (nSPS) is 19.3. The van der Waals surface area contributed by atoms with Crippen LogP contribution in [0.4, 0.5) is 5.82 Å². The van der Waals surface area contributed by atoms with Crippen molar-refractivity contribution in [3.05, 3.63) is 41.4 Å². The van der Waals surface area contributed by atoms with Gasteiger partial charge in [-0.3, -0.25) is 0 Å². The molecule has 1 atom stereocenters. The molecule has 22 heavy (non-hydrogen) atoms. The van der Waals surface area contributed by atoms with Gasteiger partial charge in [0.1, 0.15) is 10.0 Å². The van der Waals surface area contributed by atoms with Crippen LogP contribution >= 0.6 is 11.3 Å². The second kappa shape index (κ2) is 6.36. The number of hydrogen-bond donors (Lipinski definition) is 1. The summed E-state index contributed by atoms with van der Waals surface area (Å²) in [5.41, 5.74) is 0.971. The molecule has 0 bridgehead atoms. The molecule has 118 valence electrons. The van der Waals surface area contributed by atoms with Crippen molar-refractivity contribution in [3.63, 3.8) is 0 Å². The number of aromatic nitrogens is 1. The number of anilines is 1. The molecule has 3 rings (SSSR count). The van der Waals surface area contributed by atoms with E-state index in [0.29, 0.717) is 10.8 Å². The zero-order valence-corrected chi connectivity index (χ0v) is 14.0. The highest BCUT2D eigenvalue weighted by atomic mass is 32.2. The van der Waals surface area contributed by atoms with Crippen LogP contribution in [0.2, 0.25) is 0 Å². The van der Waals surface area contributed by atoms with Gasteiger partial charge in [-0.05, 0) is 43.3 Å². The Labute approximate surface area is 135 Å². The number of piperidine rings is 1. The summed E-state index contributed by atoms with van der Waals surface area (Å²) < 4.78 is 27.8. The van der Waals surface area contributed by atoms with E-state index in [9.17, 15) is 8.42 Å². The monoisotopic (exact) mass is 337 g/mol. The van der Waals surface area contributed by atoms with Crippen molar-refractivity contribution in [2.24, 2.45) is 0 Å². The van der Waals surface area contributed by atoms with Crippen molar-refractivity contribution in [2.45, 2.75) is 30.0 Å². The van der Waals surface area contributed by atoms with E-state index in [-0.39, 0.29) is 6.04 Å². The summed E-state index contributed by atoms with van der Waals surface area (Å²) in [5, 5.41) is 1.78. The fourth-order valence-electron chi connectivity index (χ4n) is 2.68. The number of rotatable bonds is 4. The fourth-order valence-corrected chi connectivity index (χ4v) is 4.95. The zero-order chi connectivity index (χ0) is 15.6. The Hall–Kier alpha value is -1.44. The molecule has 0 saturated carbocycles. The molecule has 5 nitrogen and oxygen atoms in total. The van der Waals surface area contributed by atoms with Crippen LogP contribution in [0.1, 0.15) is 18.5 Å². The van der Waals surface area contributed by atoms with Crippen LogP contribution in [-0.2, 0) is 10.0 Å². The standard InChI is InChI=1S/C15H19N3O2S2/c1-12-5-2-7-14(16-12)18-9-3-6-13(11-18)17-22(19,20)15-8-4-10-21-15/h2,4-5,7-8,10,13,17H,3,6,9,11H2,1H3/t13-/m0/s1. The molecule has 1 N–H and O–H groups in total. The number of thiophene rings is 1. The minimum Gasteiger partial charge on any atom is -0.355 e. The Morgan fingerprint density at radius 3 is 2.91 bits per heavy atom. The molecule has 2 aromatic rings. The Morgan fingerprint density at radius 2 is 2.18 bits per heavy atom. The molecule has 1 saturated heterocycles. The largest absolute Gasteiger partial charge is 0.355 e. The van der Waals surface area contributed by atoms with Gasteiger partial charge in [-0.25, -0.2) is 18.1 Å². The van der Waals surface area contributed by atoms with Gasteiger partial charge in [0.15, 0.2) is 0 Å². The summed E-state index contributed by atoms with van der Waals surface area (Å²) in [5.74, 6) is 0.917. The van der Waals surface area contributed by atoms with Crippen molar-refractivity contribution in [1.82, 2.24) is 9.71 Å². The lowest BCUT2D eigenvalue weighted by Crippen LogP contribution is -2.47. The molecule has 7 heteroatoms. The number of nitrogens with one attached hydrogen (secondary N) is 1. The van der Waals surface area contributed by atoms with Gasteiger partial charge in [0.25, 0.3) is 0 Å². The summed E-state index contributed by atoms with van der Waals surface area (Å²) >= 11 is 1.24. The second-order valence-corrected chi connectivity index (χ2v) is 8.36.